The normalized spacial score (nSPS) is 12.6. The SMILES string of the molecule is CC(C)(O)CCNc1ccc(Cl)c(C(F)(F)F)c1. The molecule has 0 amide bonds. The second kappa shape index (κ2) is 5.36. The third-order valence-electron chi connectivity index (χ3n) is 2.34. The summed E-state index contributed by atoms with van der Waals surface area (Å²) in [5.41, 5.74) is -1.39. The Labute approximate surface area is 109 Å². The number of nitrogens with one attached hydrogen (secondary N) is 1. The van der Waals surface area contributed by atoms with E-state index < -0.39 is 17.3 Å². The predicted octanol–water partition coefficient (Wildman–Crippen LogP) is 3.93. The van der Waals surface area contributed by atoms with Gasteiger partial charge >= 0.3 is 6.18 Å². The van der Waals surface area contributed by atoms with Gasteiger partial charge in [-0.2, -0.15) is 13.2 Å². The number of alkyl halides is 3. The molecule has 0 heterocycles. The summed E-state index contributed by atoms with van der Waals surface area (Å²) in [5, 5.41) is 12.0. The van der Waals surface area contributed by atoms with Crippen molar-refractivity contribution in [3.05, 3.63) is 28.8 Å². The third-order valence-corrected chi connectivity index (χ3v) is 2.67. The lowest BCUT2D eigenvalue weighted by Crippen LogP contribution is -2.22. The maximum atomic E-state index is 12.6. The minimum atomic E-state index is -4.47. The molecule has 0 aliphatic heterocycles. The van der Waals surface area contributed by atoms with Crippen molar-refractivity contribution in [2.75, 3.05) is 11.9 Å². The molecule has 18 heavy (non-hydrogen) atoms. The number of anilines is 1. The molecule has 1 aromatic carbocycles. The molecule has 0 aliphatic carbocycles. The number of hydrogen-bond acceptors (Lipinski definition) is 2. The first-order valence-electron chi connectivity index (χ1n) is 5.42. The molecule has 2 nitrogen and oxygen atoms in total. The van der Waals surface area contributed by atoms with Crippen molar-refractivity contribution in [2.45, 2.75) is 32.0 Å². The van der Waals surface area contributed by atoms with Crippen LogP contribution in [0.2, 0.25) is 5.02 Å². The Hall–Kier alpha value is -0.940. The maximum Gasteiger partial charge on any atom is 0.417 e. The summed E-state index contributed by atoms with van der Waals surface area (Å²) in [5.74, 6) is 0. The van der Waals surface area contributed by atoms with Gasteiger partial charge in [0.05, 0.1) is 16.2 Å². The molecule has 2 N–H and O–H groups in total. The van der Waals surface area contributed by atoms with Gasteiger partial charge in [-0.3, -0.25) is 0 Å². The second-order valence-corrected chi connectivity index (χ2v) is 5.09. The van der Waals surface area contributed by atoms with E-state index in [1.165, 1.54) is 12.1 Å². The Kier molecular flexibility index (Phi) is 4.50. The number of aliphatic hydroxyl groups is 1. The fourth-order valence-corrected chi connectivity index (χ4v) is 1.59. The van der Waals surface area contributed by atoms with Crippen LogP contribution in [0.25, 0.3) is 0 Å². The van der Waals surface area contributed by atoms with Crippen molar-refractivity contribution in [2.24, 2.45) is 0 Å². The fourth-order valence-electron chi connectivity index (χ4n) is 1.37. The summed E-state index contributed by atoms with van der Waals surface area (Å²) in [6.07, 6.45) is -4.04. The summed E-state index contributed by atoms with van der Waals surface area (Å²) < 4.78 is 37.8. The summed E-state index contributed by atoms with van der Waals surface area (Å²) in [6.45, 7) is 3.65. The zero-order chi connectivity index (χ0) is 14.0. The number of halogens is 4. The average molecular weight is 282 g/mol. The van der Waals surface area contributed by atoms with E-state index in [4.69, 9.17) is 11.6 Å². The van der Waals surface area contributed by atoms with Crippen molar-refractivity contribution >= 4 is 17.3 Å². The monoisotopic (exact) mass is 281 g/mol. The summed E-state index contributed by atoms with van der Waals surface area (Å²) in [4.78, 5) is 0. The van der Waals surface area contributed by atoms with E-state index in [0.29, 0.717) is 18.7 Å². The minimum absolute atomic E-state index is 0.324. The molecule has 102 valence electrons. The molecule has 0 aliphatic rings. The van der Waals surface area contributed by atoms with Crippen LogP contribution in [0.3, 0.4) is 0 Å². The molecule has 0 spiro atoms. The Morgan fingerprint density at radius 3 is 2.39 bits per heavy atom. The van der Waals surface area contributed by atoms with E-state index >= 15 is 0 Å². The van der Waals surface area contributed by atoms with Gasteiger partial charge in [0.15, 0.2) is 0 Å². The molecule has 0 bridgehead atoms. The first-order valence-corrected chi connectivity index (χ1v) is 5.80. The van der Waals surface area contributed by atoms with Gasteiger partial charge in [-0.05, 0) is 38.5 Å². The molecule has 0 aromatic heterocycles. The van der Waals surface area contributed by atoms with E-state index in [2.05, 4.69) is 5.32 Å². The predicted molar refractivity (Wildman–Crippen MR) is 65.9 cm³/mol. The quantitative estimate of drug-likeness (QED) is 0.876. The lowest BCUT2D eigenvalue weighted by atomic mass is 10.1. The lowest BCUT2D eigenvalue weighted by molar-refractivity contribution is -0.137. The van der Waals surface area contributed by atoms with Gasteiger partial charge in [-0.25, -0.2) is 0 Å². The molecular formula is C12H15ClF3NO. The Balaban J connectivity index is 2.74. The highest BCUT2D eigenvalue weighted by atomic mass is 35.5. The highest BCUT2D eigenvalue weighted by Crippen LogP contribution is 2.36. The highest BCUT2D eigenvalue weighted by molar-refractivity contribution is 6.31. The van der Waals surface area contributed by atoms with Crippen molar-refractivity contribution < 1.29 is 18.3 Å². The van der Waals surface area contributed by atoms with Crippen molar-refractivity contribution in [1.82, 2.24) is 0 Å². The highest BCUT2D eigenvalue weighted by Gasteiger charge is 2.33. The van der Waals surface area contributed by atoms with E-state index in [1.807, 2.05) is 0 Å². The van der Waals surface area contributed by atoms with Crippen molar-refractivity contribution in [3.63, 3.8) is 0 Å². The van der Waals surface area contributed by atoms with Gasteiger partial charge in [0.25, 0.3) is 0 Å². The lowest BCUT2D eigenvalue weighted by Gasteiger charge is -2.18. The largest absolute Gasteiger partial charge is 0.417 e. The molecule has 1 aromatic rings. The topological polar surface area (TPSA) is 32.3 Å². The Morgan fingerprint density at radius 2 is 1.89 bits per heavy atom. The van der Waals surface area contributed by atoms with Gasteiger partial charge in [-0.1, -0.05) is 11.6 Å². The van der Waals surface area contributed by atoms with Crippen molar-refractivity contribution in [1.29, 1.82) is 0 Å². The van der Waals surface area contributed by atoms with Crippen LogP contribution in [-0.2, 0) is 6.18 Å². The van der Waals surface area contributed by atoms with Crippen LogP contribution in [0.5, 0.6) is 0 Å². The van der Waals surface area contributed by atoms with Crippen LogP contribution in [0.1, 0.15) is 25.8 Å². The summed E-state index contributed by atoms with van der Waals surface area (Å²) in [7, 11) is 0. The molecule has 0 unspecified atom stereocenters. The molecule has 0 saturated carbocycles. The fraction of sp³-hybridized carbons (Fsp3) is 0.500. The molecule has 1 rings (SSSR count). The molecule has 0 fully saturated rings. The molecule has 0 saturated heterocycles. The van der Waals surface area contributed by atoms with E-state index in [0.717, 1.165) is 6.07 Å². The first kappa shape index (κ1) is 15.1. The van der Waals surface area contributed by atoms with Crippen molar-refractivity contribution in [3.8, 4) is 0 Å². The minimum Gasteiger partial charge on any atom is -0.390 e. The smallest absolute Gasteiger partial charge is 0.390 e. The summed E-state index contributed by atoms with van der Waals surface area (Å²) >= 11 is 5.50. The number of hydrogen-bond donors (Lipinski definition) is 2. The zero-order valence-corrected chi connectivity index (χ0v) is 10.9. The van der Waals surface area contributed by atoms with E-state index in [1.54, 1.807) is 13.8 Å². The molecular weight excluding hydrogens is 267 g/mol. The van der Waals surface area contributed by atoms with Gasteiger partial charge < -0.3 is 10.4 Å². The van der Waals surface area contributed by atoms with Gasteiger partial charge in [0, 0.05) is 12.2 Å². The van der Waals surface area contributed by atoms with Crippen LogP contribution in [0.4, 0.5) is 18.9 Å². The van der Waals surface area contributed by atoms with Crippen LogP contribution >= 0.6 is 11.6 Å². The molecule has 6 heteroatoms. The molecule has 0 radical (unpaired) electrons. The maximum absolute atomic E-state index is 12.6. The number of rotatable bonds is 4. The molecule has 0 atom stereocenters. The Bertz CT molecular complexity index is 413. The van der Waals surface area contributed by atoms with Crippen LogP contribution in [0, 0.1) is 0 Å². The standard InChI is InChI=1S/C12H15ClF3NO/c1-11(2,18)5-6-17-8-3-4-10(13)9(7-8)12(14,15)16/h3-4,7,17-18H,5-6H2,1-2H3. The average Bonchev–Trinajstić information content (AvgIpc) is 2.17. The number of benzene rings is 1. The van der Waals surface area contributed by atoms with Gasteiger partial charge in [-0.15, -0.1) is 0 Å². The third kappa shape index (κ3) is 4.74. The van der Waals surface area contributed by atoms with Gasteiger partial charge in [0.2, 0.25) is 0 Å². The first-order chi connectivity index (χ1) is 8.09. The van der Waals surface area contributed by atoms with E-state index in [-0.39, 0.29) is 5.02 Å². The van der Waals surface area contributed by atoms with Crippen LogP contribution in [-0.4, -0.2) is 17.3 Å². The summed E-state index contributed by atoms with van der Waals surface area (Å²) in [6, 6.07) is 3.64. The zero-order valence-electron chi connectivity index (χ0n) is 10.1. The Morgan fingerprint density at radius 1 is 1.28 bits per heavy atom. The van der Waals surface area contributed by atoms with E-state index in [9.17, 15) is 18.3 Å². The second-order valence-electron chi connectivity index (χ2n) is 4.68. The van der Waals surface area contributed by atoms with Crippen LogP contribution < -0.4 is 5.32 Å². The van der Waals surface area contributed by atoms with Gasteiger partial charge in [0.1, 0.15) is 0 Å². The van der Waals surface area contributed by atoms with Crippen LogP contribution in [0.15, 0.2) is 18.2 Å².